The number of carbonyl (C=O) groups is 1. The second-order valence-corrected chi connectivity index (χ2v) is 3.77. The number of benzene rings is 1. The van der Waals surface area contributed by atoms with E-state index >= 15 is 0 Å². The van der Waals surface area contributed by atoms with E-state index < -0.39 is 0 Å². The summed E-state index contributed by atoms with van der Waals surface area (Å²) < 4.78 is 10.7. The fraction of sp³-hybridized carbons (Fsp3) is 0.364. The molecule has 1 saturated heterocycles. The zero-order valence-corrected chi connectivity index (χ0v) is 8.16. The van der Waals surface area contributed by atoms with Crippen molar-refractivity contribution in [3.05, 3.63) is 23.8 Å². The molecule has 1 fully saturated rings. The average Bonchev–Trinajstić information content (AvgIpc) is 2.96. The van der Waals surface area contributed by atoms with Crippen molar-refractivity contribution < 1.29 is 14.3 Å². The highest BCUT2D eigenvalue weighted by atomic mass is 16.6. The van der Waals surface area contributed by atoms with Gasteiger partial charge in [0.05, 0.1) is 13.0 Å². The van der Waals surface area contributed by atoms with Crippen LogP contribution in [0, 0.1) is 0 Å². The van der Waals surface area contributed by atoms with Crippen LogP contribution in [0.15, 0.2) is 18.2 Å². The lowest BCUT2D eigenvalue weighted by molar-refractivity contribution is -0.115. The maximum absolute atomic E-state index is 11.2. The Morgan fingerprint density at radius 3 is 3.20 bits per heavy atom. The Morgan fingerprint density at radius 2 is 2.40 bits per heavy atom. The van der Waals surface area contributed by atoms with Crippen molar-refractivity contribution in [1.29, 1.82) is 0 Å². The molecule has 1 atom stereocenters. The van der Waals surface area contributed by atoms with E-state index in [1.807, 2.05) is 18.2 Å². The molecule has 0 radical (unpaired) electrons. The van der Waals surface area contributed by atoms with E-state index in [1.54, 1.807) is 0 Å². The summed E-state index contributed by atoms with van der Waals surface area (Å²) >= 11 is 0. The van der Waals surface area contributed by atoms with Crippen LogP contribution in [0.3, 0.4) is 0 Å². The topological polar surface area (TPSA) is 50.9 Å². The Bertz CT molecular complexity index is 412. The molecule has 2 aliphatic rings. The van der Waals surface area contributed by atoms with Crippen molar-refractivity contribution in [2.75, 3.05) is 18.5 Å². The van der Waals surface area contributed by atoms with E-state index in [2.05, 4.69) is 5.32 Å². The van der Waals surface area contributed by atoms with Gasteiger partial charge in [-0.2, -0.15) is 0 Å². The van der Waals surface area contributed by atoms with E-state index in [4.69, 9.17) is 9.47 Å². The molecular formula is C11H11NO3. The molecule has 1 amide bonds. The number of carbonyl (C=O) groups excluding carboxylic acids is 1. The normalized spacial score (nSPS) is 22.1. The van der Waals surface area contributed by atoms with Gasteiger partial charge in [0.1, 0.15) is 18.5 Å². The van der Waals surface area contributed by atoms with Gasteiger partial charge in [0.2, 0.25) is 5.91 Å². The van der Waals surface area contributed by atoms with E-state index in [0.29, 0.717) is 13.0 Å². The first kappa shape index (κ1) is 8.73. The van der Waals surface area contributed by atoms with Crippen LogP contribution in [0.2, 0.25) is 0 Å². The Labute approximate surface area is 87.2 Å². The van der Waals surface area contributed by atoms with Gasteiger partial charge in [-0.1, -0.05) is 6.07 Å². The molecule has 1 unspecified atom stereocenters. The molecule has 2 heterocycles. The second-order valence-electron chi connectivity index (χ2n) is 3.77. The first-order valence-electron chi connectivity index (χ1n) is 4.99. The lowest BCUT2D eigenvalue weighted by Gasteiger charge is -2.08. The van der Waals surface area contributed by atoms with Gasteiger partial charge in [-0.05, 0) is 12.1 Å². The maximum Gasteiger partial charge on any atom is 0.229 e. The summed E-state index contributed by atoms with van der Waals surface area (Å²) in [6, 6.07) is 5.66. The Kier molecular flexibility index (Phi) is 1.89. The van der Waals surface area contributed by atoms with Crippen LogP contribution >= 0.6 is 0 Å². The van der Waals surface area contributed by atoms with Gasteiger partial charge in [0.15, 0.2) is 0 Å². The fourth-order valence-electron chi connectivity index (χ4n) is 1.70. The molecule has 0 saturated carbocycles. The third-order valence-electron chi connectivity index (χ3n) is 2.57. The van der Waals surface area contributed by atoms with Crippen molar-refractivity contribution in [3.63, 3.8) is 0 Å². The number of ether oxygens (including phenoxy) is 2. The highest BCUT2D eigenvalue weighted by molar-refractivity contribution is 6.00. The third kappa shape index (κ3) is 1.68. The standard InChI is InChI=1S/C11H11NO3/c13-11-4-8-9(12-11)2-1-3-10(8)15-6-7-5-14-7/h1-3,7H,4-6H2,(H,12,13). The maximum atomic E-state index is 11.2. The van der Waals surface area contributed by atoms with Crippen LogP contribution in [0.4, 0.5) is 5.69 Å². The zero-order chi connectivity index (χ0) is 10.3. The van der Waals surface area contributed by atoms with Crippen LogP contribution in [0.1, 0.15) is 5.56 Å². The lowest BCUT2D eigenvalue weighted by atomic mass is 10.1. The van der Waals surface area contributed by atoms with Gasteiger partial charge < -0.3 is 14.8 Å². The van der Waals surface area contributed by atoms with Crippen molar-refractivity contribution in [2.24, 2.45) is 0 Å². The van der Waals surface area contributed by atoms with Gasteiger partial charge in [-0.3, -0.25) is 4.79 Å². The van der Waals surface area contributed by atoms with Crippen LogP contribution < -0.4 is 10.1 Å². The van der Waals surface area contributed by atoms with Crippen LogP contribution in [0.25, 0.3) is 0 Å². The third-order valence-corrected chi connectivity index (χ3v) is 2.57. The first-order valence-corrected chi connectivity index (χ1v) is 4.99. The van der Waals surface area contributed by atoms with Gasteiger partial charge in [0, 0.05) is 11.3 Å². The summed E-state index contributed by atoms with van der Waals surface area (Å²) in [6.45, 7) is 1.36. The van der Waals surface area contributed by atoms with Crippen LogP contribution in [-0.4, -0.2) is 25.2 Å². The quantitative estimate of drug-likeness (QED) is 0.748. The fourth-order valence-corrected chi connectivity index (χ4v) is 1.70. The predicted molar refractivity (Wildman–Crippen MR) is 54.0 cm³/mol. The number of anilines is 1. The van der Waals surface area contributed by atoms with E-state index in [0.717, 1.165) is 23.6 Å². The number of nitrogens with one attached hydrogen (secondary N) is 1. The van der Waals surface area contributed by atoms with Gasteiger partial charge in [-0.25, -0.2) is 0 Å². The summed E-state index contributed by atoms with van der Waals surface area (Å²) in [6.07, 6.45) is 0.655. The molecule has 0 aromatic heterocycles. The Hall–Kier alpha value is -1.55. The van der Waals surface area contributed by atoms with E-state index in [1.165, 1.54) is 0 Å². The van der Waals surface area contributed by atoms with Gasteiger partial charge in [-0.15, -0.1) is 0 Å². The molecule has 0 aliphatic carbocycles. The zero-order valence-electron chi connectivity index (χ0n) is 8.16. The molecule has 2 aliphatic heterocycles. The number of hydrogen-bond donors (Lipinski definition) is 1. The second kappa shape index (κ2) is 3.24. The number of hydrogen-bond acceptors (Lipinski definition) is 3. The van der Waals surface area contributed by atoms with E-state index in [9.17, 15) is 4.79 Å². The number of amides is 1. The highest BCUT2D eigenvalue weighted by Gasteiger charge is 2.25. The van der Waals surface area contributed by atoms with E-state index in [-0.39, 0.29) is 12.0 Å². The minimum Gasteiger partial charge on any atom is -0.490 e. The first-order chi connectivity index (χ1) is 7.33. The summed E-state index contributed by atoms with van der Waals surface area (Å²) in [5, 5.41) is 2.79. The minimum absolute atomic E-state index is 0.0312. The molecule has 4 nitrogen and oxygen atoms in total. The molecular weight excluding hydrogens is 194 g/mol. The summed E-state index contributed by atoms with van der Waals surface area (Å²) in [7, 11) is 0. The molecule has 0 spiro atoms. The molecule has 0 bridgehead atoms. The Morgan fingerprint density at radius 1 is 1.53 bits per heavy atom. The molecule has 1 N–H and O–H groups in total. The highest BCUT2D eigenvalue weighted by Crippen LogP contribution is 2.31. The number of epoxide rings is 1. The smallest absolute Gasteiger partial charge is 0.229 e. The monoisotopic (exact) mass is 205 g/mol. The number of rotatable bonds is 3. The largest absolute Gasteiger partial charge is 0.490 e. The number of fused-ring (bicyclic) bond motifs is 1. The SMILES string of the molecule is O=C1Cc2c(cccc2OCC2CO2)N1. The Balaban J connectivity index is 1.81. The van der Waals surface area contributed by atoms with Crippen molar-refractivity contribution in [3.8, 4) is 5.75 Å². The molecule has 4 heteroatoms. The predicted octanol–water partition coefficient (Wildman–Crippen LogP) is 0.959. The van der Waals surface area contributed by atoms with Crippen molar-refractivity contribution >= 4 is 11.6 Å². The van der Waals surface area contributed by atoms with Crippen molar-refractivity contribution in [1.82, 2.24) is 0 Å². The van der Waals surface area contributed by atoms with Crippen LogP contribution in [0.5, 0.6) is 5.75 Å². The molecule has 1 aromatic carbocycles. The summed E-state index contributed by atoms with van der Waals surface area (Å²) in [5.41, 5.74) is 1.83. The van der Waals surface area contributed by atoms with Gasteiger partial charge in [0.25, 0.3) is 0 Å². The molecule has 1 aromatic rings. The van der Waals surface area contributed by atoms with Crippen LogP contribution in [-0.2, 0) is 16.0 Å². The molecule has 78 valence electrons. The van der Waals surface area contributed by atoms with Crippen molar-refractivity contribution in [2.45, 2.75) is 12.5 Å². The average molecular weight is 205 g/mol. The lowest BCUT2D eigenvalue weighted by Crippen LogP contribution is -2.06. The molecule has 3 rings (SSSR count). The summed E-state index contributed by atoms with van der Waals surface area (Å²) in [4.78, 5) is 11.2. The minimum atomic E-state index is 0.0312. The molecule has 15 heavy (non-hydrogen) atoms. The van der Waals surface area contributed by atoms with Gasteiger partial charge >= 0.3 is 0 Å². The summed E-state index contributed by atoms with van der Waals surface area (Å²) in [5.74, 6) is 0.824.